The molecule has 0 heterocycles. The number of ketones is 1. The van der Waals surface area contributed by atoms with Crippen LogP contribution >= 0.6 is 93.1 Å². The van der Waals surface area contributed by atoms with Gasteiger partial charge >= 0.3 is 5.97 Å². The molecule has 162 valence electrons. The van der Waals surface area contributed by atoms with E-state index in [4.69, 9.17) is 5.11 Å². The van der Waals surface area contributed by atoms with Crippen LogP contribution in [0.5, 0.6) is 0 Å². The fourth-order valence-corrected chi connectivity index (χ4v) is 3.45. The predicted molar refractivity (Wildman–Crippen MR) is 157 cm³/mol. The molecule has 0 aliphatic heterocycles. The summed E-state index contributed by atoms with van der Waals surface area (Å²) in [6.07, 6.45) is 3.79. The molecule has 0 radical (unpaired) electrons. The summed E-state index contributed by atoms with van der Waals surface area (Å²) in [4.78, 5) is 22.0. The number of carbonyl (C=O) groups is 2. The number of carboxylic acids is 1. The number of hydrogen-bond acceptors (Lipinski definition) is 2. The Kier molecular flexibility index (Phi) is 20.2. The molecule has 0 bridgehead atoms. The molecule has 0 aliphatic carbocycles. The molecule has 0 spiro atoms. The normalized spacial score (nSPS) is 9.21. The van der Waals surface area contributed by atoms with Crippen molar-refractivity contribution in [3.63, 3.8) is 0 Å². The van der Waals surface area contributed by atoms with Crippen LogP contribution in [-0.2, 0) is 12.8 Å². The molecule has 0 aromatic heterocycles. The van der Waals surface area contributed by atoms with Gasteiger partial charge in [0.05, 0.1) is 5.56 Å². The van der Waals surface area contributed by atoms with Gasteiger partial charge in [-0.3, -0.25) is 4.79 Å². The maximum absolute atomic E-state index is 11.2. The van der Waals surface area contributed by atoms with Gasteiger partial charge < -0.3 is 5.11 Å². The number of benzene rings is 2. The highest BCUT2D eigenvalue weighted by Crippen LogP contribution is 2.19. The van der Waals surface area contributed by atoms with Crippen LogP contribution in [0.1, 0.15) is 65.5 Å². The van der Waals surface area contributed by atoms with E-state index in [0.717, 1.165) is 51.3 Å². The largest absolute Gasteiger partial charge is 0.478 e. The van der Waals surface area contributed by atoms with Gasteiger partial charge in [-0.25, -0.2) is 4.79 Å². The molecule has 2 aromatic rings. The van der Waals surface area contributed by atoms with Crippen molar-refractivity contribution >= 4 is 105 Å². The van der Waals surface area contributed by atoms with E-state index in [1.165, 1.54) is 0 Å². The maximum atomic E-state index is 11.2. The molecule has 0 atom stereocenters. The smallest absolute Gasteiger partial charge is 0.335 e. The molecule has 0 saturated heterocycles. The minimum Gasteiger partial charge on any atom is -0.478 e. The number of carbonyl (C=O) groups excluding carboxylic acids is 1. The second-order valence-corrected chi connectivity index (χ2v) is 7.80. The number of aryl methyl sites for hydroxylation is 2. The van der Waals surface area contributed by atoms with Gasteiger partial charge in [-0.15, -0.1) is 24.0 Å². The fraction of sp³-hybridized carbons (Fsp3) is 0.333. The molecule has 2 aromatic carbocycles. The van der Waals surface area contributed by atoms with Crippen LogP contribution in [0.4, 0.5) is 0 Å². The molecule has 0 amide bonds. The molecule has 0 fully saturated rings. The Balaban J connectivity index is 0. The molecular formula is C21H25Br2I3O3. The van der Waals surface area contributed by atoms with Crippen molar-refractivity contribution < 1.29 is 14.7 Å². The van der Waals surface area contributed by atoms with Gasteiger partial charge in [0.15, 0.2) is 5.78 Å². The van der Waals surface area contributed by atoms with Crippen LogP contribution in [0.15, 0.2) is 45.3 Å². The third-order valence-corrected chi connectivity index (χ3v) is 4.77. The maximum Gasteiger partial charge on any atom is 0.335 e. The van der Waals surface area contributed by atoms with Gasteiger partial charge in [0.25, 0.3) is 0 Å². The van der Waals surface area contributed by atoms with Gasteiger partial charge in [-0.2, -0.15) is 0 Å². The van der Waals surface area contributed by atoms with Gasteiger partial charge in [-0.05, 0) is 61.2 Å². The van der Waals surface area contributed by atoms with Gasteiger partial charge in [0, 0.05) is 51.7 Å². The van der Waals surface area contributed by atoms with Gasteiger partial charge in [-0.1, -0.05) is 64.6 Å². The van der Waals surface area contributed by atoms with E-state index in [1.807, 2.05) is 31.2 Å². The lowest BCUT2D eigenvalue weighted by Gasteiger charge is -2.05. The summed E-state index contributed by atoms with van der Waals surface area (Å²) in [6.45, 7) is 5.76. The first kappa shape index (κ1) is 31.9. The van der Waals surface area contributed by atoms with Crippen LogP contribution in [0.2, 0.25) is 0 Å². The molecule has 0 aliphatic rings. The van der Waals surface area contributed by atoms with E-state index in [0.29, 0.717) is 5.56 Å². The van der Waals surface area contributed by atoms with Crippen molar-refractivity contribution in [3.8, 4) is 0 Å². The molecule has 0 unspecified atom stereocenters. The summed E-state index contributed by atoms with van der Waals surface area (Å²) in [7, 11) is 0. The van der Waals surface area contributed by atoms with Crippen LogP contribution < -0.4 is 0 Å². The topological polar surface area (TPSA) is 54.4 Å². The van der Waals surface area contributed by atoms with Crippen molar-refractivity contribution in [2.75, 3.05) is 0 Å². The first-order valence-corrected chi connectivity index (χ1v) is 16.6. The first-order valence-electron chi connectivity index (χ1n) is 8.75. The molecular weight excluding hydrogens is 841 g/mol. The van der Waals surface area contributed by atoms with Crippen LogP contribution in [-0.4, -0.2) is 16.9 Å². The summed E-state index contributed by atoms with van der Waals surface area (Å²) in [6, 6.07) is 11.1. The minimum atomic E-state index is -0.851. The minimum absolute atomic E-state index is 0. The van der Waals surface area contributed by atoms with E-state index in [2.05, 4.69) is 76.0 Å². The highest BCUT2D eigenvalue weighted by atomic mass is 128. The van der Waals surface area contributed by atoms with Crippen LogP contribution in [0.3, 0.4) is 0 Å². The van der Waals surface area contributed by atoms with E-state index in [1.54, 1.807) is 19.1 Å². The van der Waals surface area contributed by atoms with Crippen molar-refractivity contribution in [2.45, 2.75) is 46.5 Å². The Morgan fingerprint density at radius 2 is 1.24 bits per heavy atom. The quantitative estimate of drug-likeness (QED) is 0.233. The number of carboxylic acid groups (broad SMARTS) is 1. The SMILES string of the molecule is CCCc1cc(Br)ccc1C(=O)O.CCCc1cc(Br)ccc1C(C)=O.I.II. The Hall–Kier alpha value is 0.730. The lowest BCUT2D eigenvalue weighted by Crippen LogP contribution is -2.01. The lowest BCUT2D eigenvalue weighted by atomic mass is 10.0. The molecule has 2 rings (SSSR count). The Morgan fingerprint density at radius 3 is 1.59 bits per heavy atom. The summed E-state index contributed by atoms with van der Waals surface area (Å²) in [5.41, 5.74) is 3.30. The number of aromatic carboxylic acids is 1. The summed E-state index contributed by atoms with van der Waals surface area (Å²) < 4.78 is 1.97. The monoisotopic (exact) mass is 864 g/mol. The third kappa shape index (κ3) is 12.4. The number of rotatable bonds is 6. The zero-order valence-electron chi connectivity index (χ0n) is 16.5. The van der Waals surface area contributed by atoms with E-state index in [-0.39, 0.29) is 29.8 Å². The molecule has 0 saturated carbocycles. The highest BCUT2D eigenvalue weighted by Gasteiger charge is 2.09. The van der Waals surface area contributed by atoms with E-state index < -0.39 is 5.97 Å². The average molecular weight is 866 g/mol. The standard InChI is InChI=1S/C11H13BrO.C10H11BrO2.I2.HI/c1-3-4-9-7-10(12)5-6-11(9)8(2)13;1-2-3-7-6-8(11)4-5-9(7)10(12)13;1-2;/h5-7H,3-4H2,1-2H3;4-6H,2-3H2,1H3,(H,12,13);;1H. The highest BCUT2D eigenvalue weighted by molar-refractivity contribution is 15.0. The first-order chi connectivity index (χ1) is 13.3. The van der Waals surface area contributed by atoms with Gasteiger partial charge in [0.2, 0.25) is 0 Å². The average Bonchev–Trinajstić information content (AvgIpc) is 2.64. The zero-order chi connectivity index (χ0) is 21.7. The summed E-state index contributed by atoms with van der Waals surface area (Å²) in [5.74, 6) is -0.702. The second kappa shape index (κ2) is 18.3. The zero-order valence-corrected chi connectivity index (χ0v) is 26.3. The summed E-state index contributed by atoms with van der Waals surface area (Å²) >= 11 is 11.0. The Labute approximate surface area is 230 Å². The van der Waals surface area contributed by atoms with Crippen molar-refractivity contribution in [3.05, 3.63) is 67.6 Å². The number of halogens is 5. The lowest BCUT2D eigenvalue weighted by molar-refractivity contribution is 0.0695. The Bertz CT molecular complexity index is 718. The molecule has 3 nitrogen and oxygen atoms in total. The Morgan fingerprint density at radius 1 is 0.862 bits per heavy atom. The van der Waals surface area contributed by atoms with Gasteiger partial charge in [0.1, 0.15) is 0 Å². The van der Waals surface area contributed by atoms with E-state index in [9.17, 15) is 9.59 Å². The van der Waals surface area contributed by atoms with Crippen LogP contribution in [0, 0.1) is 0 Å². The molecule has 8 heteroatoms. The van der Waals surface area contributed by atoms with E-state index >= 15 is 0 Å². The van der Waals surface area contributed by atoms with Crippen molar-refractivity contribution in [2.24, 2.45) is 0 Å². The van der Waals surface area contributed by atoms with Crippen molar-refractivity contribution in [1.82, 2.24) is 0 Å². The second-order valence-electron chi connectivity index (χ2n) is 5.96. The number of hydrogen-bond donors (Lipinski definition) is 1. The summed E-state index contributed by atoms with van der Waals surface area (Å²) in [5, 5.41) is 8.87. The molecule has 29 heavy (non-hydrogen) atoms. The molecule has 1 N–H and O–H groups in total. The fourth-order valence-electron chi connectivity index (χ4n) is 2.63. The predicted octanol–water partition coefficient (Wildman–Crippen LogP) is 9.09. The van der Waals surface area contributed by atoms with Crippen molar-refractivity contribution in [1.29, 1.82) is 0 Å². The number of Topliss-reactive ketones (excluding diaryl/α,β-unsaturated/α-hetero) is 1. The third-order valence-electron chi connectivity index (χ3n) is 3.78. The van der Waals surface area contributed by atoms with Crippen LogP contribution in [0.25, 0.3) is 0 Å².